The summed E-state index contributed by atoms with van der Waals surface area (Å²) in [6, 6.07) is 1.57. The number of nitrogens with two attached hydrogens (primary N) is 1. The average Bonchev–Trinajstić information content (AvgIpc) is 2.09. The quantitative estimate of drug-likeness (QED) is 0.718. The van der Waals surface area contributed by atoms with Crippen LogP contribution >= 0.6 is 0 Å². The molecule has 0 bridgehead atoms. The van der Waals surface area contributed by atoms with E-state index < -0.39 is 5.54 Å². The standard InChI is InChI=1S/C9H13FN2O/c1-9(11,6-13)4-7-2-3-12-5-8(7)10/h2-3,5,13H,4,6,11H2,1H3. The van der Waals surface area contributed by atoms with Gasteiger partial charge in [-0.3, -0.25) is 4.98 Å². The molecule has 0 amide bonds. The zero-order valence-electron chi connectivity index (χ0n) is 7.50. The van der Waals surface area contributed by atoms with Gasteiger partial charge < -0.3 is 10.8 Å². The van der Waals surface area contributed by atoms with Crippen molar-refractivity contribution in [1.82, 2.24) is 4.98 Å². The zero-order valence-corrected chi connectivity index (χ0v) is 7.50. The molecule has 0 saturated heterocycles. The van der Waals surface area contributed by atoms with Crippen LogP contribution in [0.25, 0.3) is 0 Å². The van der Waals surface area contributed by atoms with E-state index in [-0.39, 0.29) is 12.4 Å². The molecule has 0 spiro atoms. The Labute approximate surface area is 76.4 Å². The van der Waals surface area contributed by atoms with Crippen LogP contribution in [-0.4, -0.2) is 22.2 Å². The molecule has 0 radical (unpaired) electrons. The maximum absolute atomic E-state index is 13.1. The van der Waals surface area contributed by atoms with Crippen LogP contribution in [0, 0.1) is 5.82 Å². The number of halogens is 1. The second kappa shape index (κ2) is 3.81. The van der Waals surface area contributed by atoms with Gasteiger partial charge in [0.05, 0.1) is 12.8 Å². The topological polar surface area (TPSA) is 59.1 Å². The first-order valence-electron chi connectivity index (χ1n) is 4.03. The van der Waals surface area contributed by atoms with Crippen molar-refractivity contribution < 1.29 is 9.50 Å². The largest absolute Gasteiger partial charge is 0.394 e. The van der Waals surface area contributed by atoms with Crippen LogP contribution in [0.4, 0.5) is 4.39 Å². The normalized spacial score (nSPS) is 15.4. The predicted molar refractivity (Wildman–Crippen MR) is 47.6 cm³/mol. The minimum atomic E-state index is -0.776. The lowest BCUT2D eigenvalue weighted by molar-refractivity contribution is 0.207. The third-order valence-electron chi connectivity index (χ3n) is 1.81. The Morgan fingerprint density at radius 2 is 2.38 bits per heavy atom. The maximum atomic E-state index is 13.1. The summed E-state index contributed by atoms with van der Waals surface area (Å²) in [7, 11) is 0. The lowest BCUT2D eigenvalue weighted by atomic mass is 9.95. The Balaban J connectivity index is 2.80. The lowest BCUT2D eigenvalue weighted by Gasteiger charge is -2.21. The second-order valence-corrected chi connectivity index (χ2v) is 3.46. The molecule has 72 valence electrons. The fraction of sp³-hybridized carbons (Fsp3) is 0.444. The highest BCUT2D eigenvalue weighted by Crippen LogP contribution is 2.12. The summed E-state index contributed by atoms with van der Waals surface area (Å²) in [6.07, 6.45) is 2.95. The van der Waals surface area contributed by atoms with Gasteiger partial charge in [0.1, 0.15) is 5.82 Å². The molecule has 1 rings (SSSR count). The SMILES string of the molecule is CC(N)(CO)Cc1ccncc1F. The Bertz CT molecular complexity index is 289. The van der Waals surface area contributed by atoms with Crippen LogP contribution in [0.15, 0.2) is 18.5 Å². The number of nitrogens with zero attached hydrogens (tertiary/aromatic N) is 1. The van der Waals surface area contributed by atoms with Crippen molar-refractivity contribution in [3.63, 3.8) is 0 Å². The third kappa shape index (κ3) is 2.75. The number of aliphatic hydroxyl groups is 1. The fourth-order valence-corrected chi connectivity index (χ4v) is 1.04. The molecule has 0 aliphatic heterocycles. The summed E-state index contributed by atoms with van der Waals surface area (Å²) in [5, 5.41) is 8.88. The van der Waals surface area contributed by atoms with Crippen molar-refractivity contribution in [2.45, 2.75) is 18.9 Å². The molecule has 13 heavy (non-hydrogen) atoms. The molecular formula is C9H13FN2O. The highest BCUT2D eigenvalue weighted by molar-refractivity contribution is 5.15. The summed E-state index contributed by atoms with van der Waals surface area (Å²) in [6.45, 7) is 1.50. The van der Waals surface area contributed by atoms with Gasteiger partial charge in [-0.2, -0.15) is 0 Å². The summed E-state index contributed by atoms with van der Waals surface area (Å²) >= 11 is 0. The van der Waals surface area contributed by atoms with E-state index in [0.717, 1.165) is 6.20 Å². The molecule has 1 aromatic heterocycles. The van der Waals surface area contributed by atoms with Crippen LogP contribution in [0.1, 0.15) is 12.5 Å². The molecular weight excluding hydrogens is 171 g/mol. The minimum Gasteiger partial charge on any atom is -0.394 e. The first-order chi connectivity index (χ1) is 6.05. The number of hydrogen-bond donors (Lipinski definition) is 2. The first-order valence-corrected chi connectivity index (χ1v) is 4.03. The molecule has 4 heteroatoms. The summed E-state index contributed by atoms with van der Waals surface area (Å²) in [4.78, 5) is 3.62. The molecule has 1 atom stereocenters. The van der Waals surface area contributed by atoms with E-state index in [4.69, 9.17) is 10.8 Å². The molecule has 1 unspecified atom stereocenters. The Morgan fingerprint density at radius 3 is 2.92 bits per heavy atom. The highest BCUT2D eigenvalue weighted by atomic mass is 19.1. The van der Waals surface area contributed by atoms with Gasteiger partial charge >= 0.3 is 0 Å². The molecule has 1 heterocycles. The maximum Gasteiger partial charge on any atom is 0.144 e. The van der Waals surface area contributed by atoms with Gasteiger partial charge in [0, 0.05) is 11.7 Å². The van der Waals surface area contributed by atoms with E-state index in [1.54, 1.807) is 13.0 Å². The van der Waals surface area contributed by atoms with Gasteiger partial charge in [0.25, 0.3) is 0 Å². The van der Waals surface area contributed by atoms with Gasteiger partial charge in [-0.15, -0.1) is 0 Å². The number of aromatic nitrogens is 1. The van der Waals surface area contributed by atoms with Gasteiger partial charge in [-0.1, -0.05) is 0 Å². The van der Waals surface area contributed by atoms with Crippen molar-refractivity contribution in [1.29, 1.82) is 0 Å². The number of rotatable bonds is 3. The summed E-state index contributed by atoms with van der Waals surface area (Å²) in [5.41, 5.74) is 5.38. The van der Waals surface area contributed by atoms with Crippen LogP contribution in [-0.2, 0) is 6.42 Å². The Hall–Kier alpha value is -1.00. The fourth-order valence-electron chi connectivity index (χ4n) is 1.04. The average molecular weight is 184 g/mol. The third-order valence-corrected chi connectivity index (χ3v) is 1.81. The van der Waals surface area contributed by atoms with Crippen molar-refractivity contribution in [2.75, 3.05) is 6.61 Å². The molecule has 0 aliphatic rings. The van der Waals surface area contributed by atoms with E-state index >= 15 is 0 Å². The summed E-state index contributed by atoms with van der Waals surface area (Å²) < 4.78 is 13.1. The molecule has 3 nitrogen and oxygen atoms in total. The van der Waals surface area contributed by atoms with Crippen LogP contribution in [0.2, 0.25) is 0 Å². The summed E-state index contributed by atoms with van der Waals surface area (Å²) in [5.74, 6) is -0.382. The minimum absolute atomic E-state index is 0.172. The van der Waals surface area contributed by atoms with Crippen LogP contribution in [0.3, 0.4) is 0 Å². The van der Waals surface area contributed by atoms with Crippen molar-refractivity contribution in [3.05, 3.63) is 29.8 Å². The van der Waals surface area contributed by atoms with E-state index in [1.807, 2.05) is 0 Å². The monoisotopic (exact) mass is 184 g/mol. The molecule has 0 saturated carbocycles. The van der Waals surface area contributed by atoms with Gasteiger partial charge in [-0.25, -0.2) is 4.39 Å². The number of hydrogen-bond acceptors (Lipinski definition) is 3. The highest BCUT2D eigenvalue weighted by Gasteiger charge is 2.19. The molecule has 3 N–H and O–H groups in total. The predicted octanol–water partition coefficient (Wildman–Crippen LogP) is 0.473. The second-order valence-electron chi connectivity index (χ2n) is 3.46. The van der Waals surface area contributed by atoms with Gasteiger partial charge in [0.15, 0.2) is 0 Å². The van der Waals surface area contributed by atoms with Gasteiger partial charge in [-0.05, 0) is 25.0 Å². The van der Waals surface area contributed by atoms with E-state index in [2.05, 4.69) is 4.98 Å². The van der Waals surface area contributed by atoms with Crippen LogP contribution in [0.5, 0.6) is 0 Å². The molecule has 1 aromatic rings. The smallest absolute Gasteiger partial charge is 0.144 e. The Kier molecular flexibility index (Phi) is 2.95. The van der Waals surface area contributed by atoms with Crippen LogP contribution < -0.4 is 5.73 Å². The van der Waals surface area contributed by atoms with Crippen molar-refractivity contribution >= 4 is 0 Å². The van der Waals surface area contributed by atoms with Gasteiger partial charge in [0.2, 0.25) is 0 Å². The number of pyridine rings is 1. The van der Waals surface area contributed by atoms with Crippen molar-refractivity contribution in [2.24, 2.45) is 5.73 Å². The first kappa shape index (κ1) is 10.1. The molecule has 0 aliphatic carbocycles. The molecule has 0 aromatic carbocycles. The van der Waals surface area contributed by atoms with Crippen molar-refractivity contribution in [3.8, 4) is 0 Å². The molecule has 0 fully saturated rings. The number of aliphatic hydroxyl groups excluding tert-OH is 1. The lowest BCUT2D eigenvalue weighted by Crippen LogP contribution is -2.42. The van der Waals surface area contributed by atoms with E-state index in [9.17, 15) is 4.39 Å². The zero-order chi connectivity index (χ0) is 9.90. The van der Waals surface area contributed by atoms with E-state index in [1.165, 1.54) is 6.20 Å². The van der Waals surface area contributed by atoms with E-state index in [0.29, 0.717) is 12.0 Å². The Morgan fingerprint density at radius 1 is 1.69 bits per heavy atom.